The lowest BCUT2D eigenvalue weighted by atomic mass is 10.2. The molecule has 3 nitrogen and oxygen atoms in total. The summed E-state index contributed by atoms with van der Waals surface area (Å²) < 4.78 is 51.7. The van der Waals surface area contributed by atoms with E-state index in [0.717, 1.165) is 6.07 Å². The summed E-state index contributed by atoms with van der Waals surface area (Å²) in [4.78, 5) is 11.5. The monoisotopic (exact) mass is 298 g/mol. The molecule has 2 aromatic carbocycles. The Morgan fingerprint density at radius 1 is 0.905 bits per heavy atom. The lowest BCUT2D eigenvalue weighted by Gasteiger charge is -2.09. The minimum Gasteiger partial charge on any atom is -0.334 e. The summed E-state index contributed by atoms with van der Waals surface area (Å²) in [6.45, 7) is 0.0669. The van der Waals surface area contributed by atoms with Gasteiger partial charge in [0.05, 0.1) is 5.69 Å². The zero-order valence-corrected chi connectivity index (χ0v) is 10.6. The van der Waals surface area contributed by atoms with Crippen molar-refractivity contribution in [2.24, 2.45) is 0 Å². The van der Waals surface area contributed by atoms with Crippen LogP contribution in [0.5, 0.6) is 0 Å². The van der Waals surface area contributed by atoms with Crippen LogP contribution in [0.15, 0.2) is 36.4 Å². The fourth-order valence-corrected chi connectivity index (χ4v) is 1.57. The Labute approximate surface area is 117 Å². The van der Waals surface area contributed by atoms with Crippen LogP contribution in [0.3, 0.4) is 0 Å². The van der Waals surface area contributed by atoms with E-state index in [2.05, 4.69) is 10.6 Å². The van der Waals surface area contributed by atoms with Crippen molar-refractivity contribution in [3.8, 4) is 0 Å². The van der Waals surface area contributed by atoms with Crippen molar-refractivity contribution < 1.29 is 22.4 Å². The Hall–Kier alpha value is -2.57. The molecule has 2 amide bonds. The number of hydrogen-bond donors (Lipinski definition) is 2. The van der Waals surface area contributed by atoms with Gasteiger partial charge in [-0.2, -0.15) is 0 Å². The summed E-state index contributed by atoms with van der Waals surface area (Å²) >= 11 is 0. The molecule has 2 rings (SSSR count). The van der Waals surface area contributed by atoms with E-state index in [1.807, 2.05) is 0 Å². The Kier molecular flexibility index (Phi) is 4.42. The topological polar surface area (TPSA) is 41.1 Å². The molecule has 0 heterocycles. The van der Waals surface area contributed by atoms with Crippen LogP contribution in [0, 0.1) is 23.3 Å². The third kappa shape index (κ3) is 3.71. The van der Waals surface area contributed by atoms with Gasteiger partial charge in [0.1, 0.15) is 5.82 Å². The van der Waals surface area contributed by atoms with E-state index in [0.29, 0.717) is 11.6 Å². The number of hydrogen-bond acceptors (Lipinski definition) is 1. The third-order valence-electron chi connectivity index (χ3n) is 2.65. The maximum Gasteiger partial charge on any atom is 0.319 e. The molecule has 0 unspecified atom stereocenters. The first-order valence-electron chi connectivity index (χ1n) is 5.90. The number of amides is 2. The molecule has 0 aliphatic heterocycles. The van der Waals surface area contributed by atoms with Crippen molar-refractivity contribution in [2.75, 3.05) is 5.32 Å². The van der Waals surface area contributed by atoms with E-state index >= 15 is 0 Å². The van der Waals surface area contributed by atoms with Crippen molar-refractivity contribution in [3.63, 3.8) is 0 Å². The van der Waals surface area contributed by atoms with Crippen molar-refractivity contribution in [3.05, 3.63) is 65.2 Å². The zero-order chi connectivity index (χ0) is 15.4. The number of halogens is 4. The maximum atomic E-state index is 13.3. The zero-order valence-electron chi connectivity index (χ0n) is 10.6. The van der Waals surface area contributed by atoms with Gasteiger partial charge in [0.25, 0.3) is 0 Å². The first-order chi connectivity index (χ1) is 9.97. The molecule has 0 aliphatic carbocycles. The third-order valence-corrected chi connectivity index (χ3v) is 2.65. The predicted molar refractivity (Wildman–Crippen MR) is 68.6 cm³/mol. The largest absolute Gasteiger partial charge is 0.334 e. The Morgan fingerprint density at radius 2 is 1.57 bits per heavy atom. The van der Waals surface area contributed by atoms with E-state index in [1.165, 1.54) is 24.3 Å². The Morgan fingerprint density at radius 3 is 2.24 bits per heavy atom. The summed E-state index contributed by atoms with van der Waals surface area (Å²) in [6, 6.07) is 6.19. The van der Waals surface area contributed by atoms with Gasteiger partial charge < -0.3 is 10.6 Å². The van der Waals surface area contributed by atoms with Crippen molar-refractivity contribution in [2.45, 2.75) is 6.54 Å². The second-order valence-corrected chi connectivity index (χ2v) is 4.16. The van der Waals surface area contributed by atoms with E-state index in [-0.39, 0.29) is 6.54 Å². The molecule has 2 N–H and O–H groups in total. The lowest BCUT2D eigenvalue weighted by Crippen LogP contribution is -2.28. The van der Waals surface area contributed by atoms with Gasteiger partial charge in [-0.15, -0.1) is 0 Å². The Balaban J connectivity index is 1.96. The van der Waals surface area contributed by atoms with Crippen molar-refractivity contribution >= 4 is 11.7 Å². The fraction of sp³-hybridized carbons (Fsp3) is 0.0714. The number of carbonyl (C=O) groups excluding carboxylic acids is 1. The van der Waals surface area contributed by atoms with E-state index in [4.69, 9.17) is 0 Å². The van der Waals surface area contributed by atoms with Gasteiger partial charge in [-0.3, -0.25) is 0 Å². The van der Waals surface area contributed by atoms with Gasteiger partial charge in [-0.05, 0) is 29.8 Å². The number of anilines is 1. The standard InChI is InChI=1S/C14H10F4N2O/c15-9-3-1-8(2-4-9)7-19-14(21)20-11-6-5-10(16)12(17)13(11)18/h1-6H,7H2,(H2,19,20,21). The van der Waals surface area contributed by atoms with Gasteiger partial charge in [0.2, 0.25) is 0 Å². The molecule has 0 spiro atoms. The van der Waals surface area contributed by atoms with Crippen molar-refractivity contribution in [1.82, 2.24) is 5.32 Å². The number of nitrogens with one attached hydrogen (secondary N) is 2. The normalized spacial score (nSPS) is 10.3. The molecule has 0 saturated heterocycles. The molecule has 0 saturated carbocycles. The summed E-state index contributed by atoms with van der Waals surface area (Å²) in [5.41, 5.74) is 0.141. The maximum absolute atomic E-state index is 13.3. The summed E-state index contributed by atoms with van der Waals surface area (Å²) in [7, 11) is 0. The lowest BCUT2D eigenvalue weighted by molar-refractivity contribution is 0.251. The van der Waals surface area contributed by atoms with Gasteiger partial charge in [0.15, 0.2) is 17.5 Å². The molecule has 21 heavy (non-hydrogen) atoms. The van der Waals surface area contributed by atoms with E-state index in [1.54, 1.807) is 0 Å². The number of rotatable bonds is 3. The van der Waals surface area contributed by atoms with Gasteiger partial charge in [-0.25, -0.2) is 22.4 Å². The highest BCUT2D eigenvalue weighted by atomic mass is 19.2. The first-order valence-corrected chi connectivity index (χ1v) is 5.90. The number of carbonyl (C=O) groups is 1. The second kappa shape index (κ2) is 6.25. The molecule has 0 atom stereocenters. The molecule has 0 fully saturated rings. The second-order valence-electron chi connectivity index (χ2n) is 4.16. The Bertz CT molecular complexity index is 659. The molecule has 2 aromatic rings. The molecule has 0 aliphatic rings. The highest BCUT2D eigenvalue weighted by Gasteiger charge is 2.14. The summed E-state index contributed by atoms with van der Waals surface area (Å²) in [6.07, 6.45) is 0. The number of urea groups is 1. The van der Waals surface area contributed by atoms with Crippen LogP contribution in [0.4, 0.5) is 28.0 Å². The SMILES string of the molecule is O=C(NCc1ccc(F)cc1)Nc1ccc(F)c(F)c1F. The van der Waals surface area contributed by atoms with Gasteiger partial charge in [-0.1, -0.05) is 12.1 Å². The molecular formula is C14H10F4N2O. The summed E-state index contributed by atoms with van der Waals surface area (Å²) in [5, 5.41) is 4.43. The first kappa shape index (κ1) is 14.8. The predicted octanol–water partition coefficient (Wildman–Crippen LogP) is 3.56. The molecule has 0 radical (unpaired) electrons. The highest BCUT2D eigenvalue weighted by Crippen LogP contribution is 2.19. The summed E-state index contributed by atoms with van der Waals surface area (Å²) in [5.74, 6) is -4.89. The van der Waals surface area contributed by atoms with Gasteiger partial charge in [0, 0.05) is 6.54 Å². The number of benzene rings is 2. The van der Waals surface area contributed by atoms with Crippen LogP contribution in [-0.4, -0.2) is 6.03 Å². The average molecular weight is 298 g/mol. The van der Waals surface area contributed by atoms with E-state index < -0.39 is 35.0 Å². The molecule has 110 valence electrons. The van der Waals surface area contributed by atoms with Crippen LogP contribution < -0.4 is 10.6 Å². The molecular weight excluding hydrogens is 288 g/mol. The van der Waals surface area contributed by atoms with Gasteiger partial charge >= 0.3 is 6.03 Å². The van der Waals surface area contributed by atoms with E-state index in [9.17, 15) is 22.4 Å². The minimum atomic E-state index is -1.66. The fourth-order valence-electron chi connectivity index (χ4n) is 1.57. The highest BCUT2D eigenvalue weighted by molar-refractivity contribution is 5.89. The van der Waals surface area contributed by atoms with Crippen LogP contribution in [-0.2, 0) is 6.54 Å². The minimum absolute atomic E-state index is 0.0669. The molecule has 0 aromatic heterocycles. The van der Waals surface area contributed by atoms with Crippen molar-refractivity contribution in [1.29, 1.82) is 0 Å². The van der Waals surface area contributed by atoms with Crippen LogP contribution in [0.2, 0.25) is 0 Å². The smallest absolute Gasteiger partial charge is 0.319 e. The average Bonchev–Trinajstić information content (AvgIpc) is 2.47. The quantitative estimate of drug-likeness (QED) is 0.660. The molecule has 7 heteroatoms. The van der Waals surface area contributed by atoms with Crippen LogP contribution in [0.1, 0.15) is 5.56 Å². The molecule has 0 bridgehead atoms. The van der Waals surface area contributed by atoms with Crippen LogP contribution >= 0.6 is 0 Å². The van der Waals surface area contributed by atoms with Crippen LogP contribution in [0.25, 0.3) is 0 Å².